The molecule has 0 unspecified atom stereocenters. The SMILES string of the molecule is CCNC(=NCc1nnc(C)n1C)N(C)Cc1ccc(CC)cc1.I. The number of nitrogens with zero attached hydrogens (tertiary/aromatic N) is 5. The topological polar surface area (TPSA) is 58.3 Å². The highest BCUT2D eigenvalue weighted by atomic mass is 127. The van der Waals surface area contributed by atoms with Crippen LogP contribution in [-0.4, -0.2) is 39.2 Å². The zero-order chi connectivity index (χ0) is 17.5. The van der Waals surface area contributed by atoms with Crippen molar-refractivity contribution in [3.05, 3.63) is 47.0 Å². The van der Waals surface area contributed by atoms with Gasteiger partial charge < -0.3 is 14.8 Å². The smallest absolute Gasteiger partial charge is 0.194 e. The van der Waals surface area contributed by atoms with Crippen molar-refractivity contribution in [2.24, 2.45) is 12.0 Å². The number of aromatic nitrogens is 3. The van der Waals surface area contributed by atoms with Crippen molar-refractivity contribution in [2.75, 3.05) is 13.6 Å². The van der Waals surface area contributed by atoms with Crippen LogP contribution in [0, 0.1) is 6.92 Å². The lowest BCUT2D eigenvalue weighted by atomic mass is 10.1. The molecular formula is C18H29IN6. The third-order valence-electron chi connectivity index (χ3n) is 4.10. The number of aryl methyl sites for hydroxylation is 2. The Kier molecular flexibility index (Phi) is 8.88. The molecule has 1 aromatic carbocycles. The molecule has 2 aromatic rings. The van der Waals surface area contributed by atoms with Crippen LogP contribution in [0.3, 0.4) is 0 Å². The molecule has 0 fully saturated rings. The van der Waals surface area contributed by atoms with Crippen molar-refractivity contribution in [1.29, 1.82) is 0 Å². The number of guanidine groups is 1. The first-order chi connectivity index (χ1) is 11.5. The van der Waals surface area contributed by atoms with E-state index in [2.05, 4.69) is 65.6 Å². The number of halogens is 1. The predicted octanol–water partition coefficient (Wildman–Crippen LogP) is 2.90. The zero-order valence-corrected chi connectivity index (χ0v) is 18.1. The van der Waals surface area contributed by atoms with Gasteiger partial charge in [-0.2, -0.15) is 0 Å². The molecule has 0 atom stereocenters. The maximum atomic E-state index is 4.70. The van der Waals surface area contributed by atoms with Gasteiger partial charge in [-0.05, 0) is 31.4 Å². The molecule has 1 aromatic heterocycles. The molecule has 1 heterocycles. The molecule has 7 heteroatoms. The highest BCUT2D eigenvalue weighted by Gasteiger charge is 2.09. The fourth-order valence-electron chi connectivity index (χ4n) is 2.43. The van der Waals surface area contributed by atoms with Crippen molar-refractivity contribution in [1.82, 2.24) is 25.0 Å². The van der Waals surface area contributed by atoms with Gasteiger partial charge in [0.2, 0.25) is 0 Å². The largest absolute Gasteiger partial charge is 0.357 e. The van der Waals surface area contributed by atoms with Crippen LogP contribution in [0.5, 0.6) is 0 Å². The Morgan fingerprint density at radius 2 is 1.80 bits per heavy atom. The second-order valence-corrected chi connectivity index (χ2v) is 5.92. The third kappa shape index (κ3) is 5.98. The fraction of sp³-hybridized carbons (Fsp3) is 0.500. The standard InChI is InChI=1S/C18H28N6.HI/c1-6-15-8-10-16(11-9-15)13-23(4)18(19-7-2)20-12-17-22-21-14(3)24(17)5;/h8-11H,6-7,12-13H2,1-5H3,(H,19,20);1H. The number of hydrogen-bond donors (Lipinski definition) is 1. The molecule has 138 valence electrons. The maximum absolute atomic E-state index is 4.70. The average Bonchev–Trinajstić information content (AvgIpc) is 2.91. The van der Waals surface area contributed by atoms with Gasteiger partial charge >= 0.3 is 0 Å². The highest BCUT2D eigenvalue weighted by Crippen LogP contribution is 2.08. The molecule has 1 N–H and O–H groups in total. The molecule has 0 spiro atoms. The first-order valence-corrected chi connectivity index (χ1v) is 8.47. The van der Waals surface area contributed by atoms with Crippen LogP contribution in [0.1, 0.15) is 36.6 Å². The Labute approximate surface area is 167 Å². The molecule has 0 aliphatic carbocycles. The van der Waals surface area contributed by atoms with E-state index in [9.17, 15) is 0 Å². The van der Waals surface area contributed by atoms with Crippen molar-refractivity contribution in [3.8, 4) is 0 Å². The lowest BCUT2D eigenvalue weighted by Crippen LogP contribution is -2.38. The van der Waals surface area contributed by atoms with Gasteiger partial charge in [-0.15, -0.1) is 34.2 Å². The molecule has 0 saturated heterocycles. The van der Waals surface area contributed by atoms with Crippen LogP contribution in [0.15, 0.2) is 29.3 Å². The second kappa shape index (κ2) is 10.4. The predicted molar refractivity (Wildman–Crippen MR) is 113 cm³/mol. The van der Waals surface area contributed by atoms with E-state index < -0.39 is 0 Å². The summed E-state index contributed by atoms with van der Waals surface area (Å²) in [6, 6.07) is 8.75. The molecule has 0 bridgehead atoms. The number of rotatable bonds is 6. The molecule has 0 saturated carbocycles. The summed E-state index contributed by atoms with van der Waals surface area (Å²) in [7, 11) is 4.02. The van der Waals surface area contributed by atoms with E-state index in [1.54, 1.807) is 0 Å². The monoisotopic (exact) mass is 456 g/mol. The van der Waals surface area contributed by atoms with Crippen LogP contribution in [0.25, 0.3) is 0 Å². The first kappa shape index (κ1) is 21.4. The summed E-state index contributed by atoms with van der Waals surface area (Å²) in [6.07, 6.45) is 1.07. The first-order valence-electron chi connectivity index (χ1n) is 8.47. The van der Waals surface area contributed by atoms with Gasteiger partial charge in [-0.25, -0.2) is 4.99 Å². The number of benzene rings is 1. The van der Waals surface area contributed by atoms with E-state index in [1.807, 2.05) is 18.5 Å². The van der Waals surface area contributed by atoms with Crippen molar-refractivity contribution >= 4 is 29.9 Å². The minimum absolute atomic E-state index is 0. The quantitative estimate of drug-likeness (QED) is 0.413. The van der Waals surface area contributed by atoms with E-state index in [0.717, 1.165) is 37.1 Å². The Morgan fingerprint density at radius 3 is 2.32 bits per heavy atom. The van der Waals surface area contributed by atoms with E-state index in [4.69, 9.17) is 4.99 Å². The molecule has 25 heavy (non-hydrogen) atoms. The molecule has 0 aliphatic heterocycles. The molecular weight excluding hydrogens is 427 g/mol. The Balaban J connectivity index is 0.00000312. The van der Waals surface area contributed by atoms with E-state index >= 15 is 0 Å². The summed E-state index contributed by atoms with van der Waals surface area (Å²) in [5.74, 6) is 2.64. The van der Waals surface area contributed by atoms with Gasteiger partial charge in [-0.1, -0.05) is 31.2 Å². The molecule has 0 radical (unpaired) electrons. The van der Waals surface area contributed by atoms with Crippen LogP contribution in [0.2, 0.25) is 0 Å². The van der Waals surface area contributed by atoms with Crippen LogP contribution < -0.4 is 5.32 Å². The molecule has 0 amide bonds. The van der Waals surface area contributed by atoms with Crippen LogP contribution in [0.4, 0.5) is 0 Å². The van der Waals surface area contributed by atoms with Gasteiger partial charge in [0.25, 0.3) is 0 Å². The summed E-state index contributed by atoms with van der Waals surface area (Å²) in [6.45, 7) is 8.34. The van der Waals surface area contributed by atoms with E-state index in [-0.39, 0.29) is 24.0 Å². The van der Waals surface area contributed by atoms with Crippen molar-refractivity contribution in [2.45, 2.75) is 40.3 Å². The van der Waals surface area contributed by atoms with E-state index in [0.29, 0.717) is 6.54 Å². The minimum Gasteiger partial charge on any atom is -0.357 e. The highest BCUT2D eigenvalue weighted by molar-refractivity contribution is 14.0. The lowest BCUT2D eigenvalue weighted by Gasteiger charge is -2.22. The van der Waals surface area contributed by atoms with Crippen molar-refractivity contribution in [3.63, 3.8) is 0 Å². The van der Waals surface area contributed by atoms with Gasteiger partial charge in [0.15, 0.2) is 11.8 Å². The zero-order valence-electron chi connectivity index (χ0n) is 15.8. The summed E-state index contributed by atoms with van der Waals surface area (Å²) in [5, 5.41) is 11.6. The normalized spacial score (nSPS) is 11.2. The number of aliphatic imine (C=N–C) groups is 1. The maximum Gasteiger partial charge on any atom is 0.194 e. The average molecular weight is 456 g/mol. The summed E-state index contributed by atoms with van der Waals surface area (Å²) in [5.41, 5.74) is 2.63. The summed E-state index contributed by atoms with van der Waals surface area (Å²) >= 11 is 0. The van der Waals surface area contributed by atoms with Gasteiger partial charge in [0.1, 0.15) is 12.4 Å². The van der Waals surface area contributed by atoms with Crippen LogP contribution in [-0.2, 0) is 26.6 Å². The molecule has 6 nitrogen and oxygen atoms in total. The number of nitrogens with one attached hydrogen (secondary N) is 1. The Bertz CT molecular complexity index is 677. The van der Waals surface area contributed by atoms with Gasteiger partial charge in [0, 0.05) is 27.2 Å². The minimum atomic E-state index is 0. The van der Waals surface area contributed by atoms with Gasteiger partial charge in [-0.3, -0.25) is 0 Å². The Morgan fingerprint density at radius 1 is 1.16 bits per heavy atom. The summed E-state index contributed by atoms with van der Waals surface area (Å²) in [4.78, 5) is 6.83. The third-order valence-corrected chi connectivity index (χ3v) is 4.10. The van der Waals surface area contributed by atoms with Gasteiger partial charge in [0.05, 0.1) is 0 Å². The van der Waals surface area contributed by atoms with Crippen LogP contribution >= 0.6 is 24.0 Å². The molecule has 2 rings (SSSR count). The second-order valence-electron chi connectivity index (χ2n) is 5.92. The fourth-order valence-corrected chi connectivity index (χ4v) is 2.43. The van der Waals surface area contributed by atoms with E-state index in [1.165, 1.54) is 11.1 Å². The van der Waals surface area contributed by atoms with Crippen molar-refractivity contribution < 1.29 is 0 Å². The Hall–Kier alpha value is -1.64. The summed E-state index contributed by atoms with van der Waals surface area (Å²) < 4.78 is 1.97. The lowest BCUT2D eigenvalue weighted by molar-refractivity contribution is 0.476. The number of hydrogen-bond acceptors (Lipinski definition) is 3. The molecule has 0 aliphatic rings.